The molecule has 2 aromatic rings. The number of sulfonamides is 1. The third kappa shape index (κ3) is 4.73. The van der Waals surface area contributed by atoms with Gasteiger partial charge in [0.25, 0.3) is 10.0 Å². The fraction of sp³-hybridized carbons (Fsp3) is 0.444. The number of morpholine rings is 1. The van der Waals surface area contributed by atoms with Crippen molar-refractivity contribution in [2.45, 2.75) is 23.4 Å². The van der Waals surface area contributed by atoms with Crippen LogP contribution in [0.4, 0.5) is 23.2 Å². The second-order valence-corrected chi connectivity index (χ2v) is 9.46. The quantitative estimate of drug-likeness (QED) is 0.621. The van der Waals surface area contributed by atoms with Crippen molar-refractivity contribution in [3.63, 3.8) is 0 Å². The monoisotopic (exact) mass is 452 g/mol. The summed E-state index contributed by atoms with van der Waals surface area (Å²) in [5.74, 6) is -0.700. The van der Waals surface area contributed by atoms with Crippen molar-refractivity contribution in [3.05, 3.63) is 47.1 Å². The molecule has 0 aliphatic carbocycles. The summed E-state index contributed by atoms with van der Waals surface area (Å²) in [5, 5.41) is 1.62. The van der Waals surface area contributed by atoms with Crippen LogP contribution in [0, 0.1) is 5.82 Å². The Morgan fingerprint density at radius 3 is 2.38 bits per heavy atom. The van der Waals surface area contributed by atoms with Gasteiger partial charge in [-0.1, -0.05) is 19.1 Å². The predicted molar refractivity (Wildman–Crippen MR) is 102 cm³/mol. The zero-order valence-corrected chi connectivity index (χ0v) is 17.2. The highest BCUT2D eigenvalue weighted by molar-refractivity contribution is 7.91. The van der Waals surface area contributed by atoms with Crippen molar-refractivity contribution < 1.29 is 30.7 Å². The minimum Gasteiger partial charge on any atom is -0.378 e. The molecule has 1 aliphatic rings. The fourth-order valence-electron chi connectivity index (χ4n) is 3.20. The maximum atomic E-state index is 13.9. The lowest BCUT2D eigenvalue weighted by atomic mass is 10.1. The molecule has 0 N–H and O–H groups in total. The first-order valence-electron chi connectivity index (χ1n) is 8.90. The summed E-state index contributed by atoms with van der Waals surface area (Å²) < 4.78 is 86.5. The van der Waals surface area contributed by atoms with Gasteiger partial charge in [0.05, 0.1) is 13.2 Å². The first kappa shape index (κ1) is 22.0. The van der Waals surface area contributed by atoms with Gasteiger partial charge >= 0.3 is 6.18 Å². The van der Waals surface area contributed by atoms with Crippen molar-refractivity contribution in [1.29, 1.82) is 0 Å². The van der Waals surface area contributed by atoms with Gasteiger partial charge in [-0.05, 0) is 23.8 Å². The molecule has 1 aromatic carbocycles. The van der Waals surface area contributed by atoms with Crippen molar-refractivity contribution in [1.82, 2.24) is 4.31 Å². The zero-order valence-electron chi connectivity index (χ0n) is 15.5. The van der Waals surface area contributed by atoms with Gasteiger partial charge in [-0.2, -0.15) is 17.5 Å². The maximum Gasteiger partial charge on any atom is 0.409 e. The molecule has 0 spiro atoms. The molecule has 2 heterocycles. The average molecular weight is 452 g/mol. The molecule has 5 nitrogen and oxygen atoms in total. The van der Waals surface area contributed by atoms with E-state index in [-0.39, 0.29) is 9.77 Å². The summed E-state index contributed by atoms with van der Waals surface area (Å²) in [6, 6.07) is 2.67. The van der Waals surface area contributed by atoms with E-state index in [9.17, 15) is 26.0 Å². The summed E-state index contributed by atoms with van der Waals surface area (Å²) in [6.07, 6.45) is -4.87. The van der Waals surface area contributed by atoms with E-state index in [0.29, 0.717) is 36.3 Å². The predicted octanol–water partition coefficient (Wildman–Crippen LogP) is 4.04. The van der Waals surface area contributed by atoms with E-state index in [1.54, 1.807) is 5.38 Å². The van der Waals surface area contributed by atoms with Crippen LogP contribution in [0.15, 0.2) is 39.9 Å². The molecule has 160 valence electrons. The highest BCUT2D eigenvalue weighted by atomic mass is 32.2. The van der Waals surface area contributed by atoms with Crippen LogP contribution >= 0.6 is 11.3 Å². The van der Waals surface area contributed by atoms with E-state index >= 15 is 0 Å². The number of thiophene rings is 1. The molecule has 3 rings (SSSR count). The van der Waals surface area contributed by atoms with E-state index in [4.69, 9.17) is 4.74 Å². The first-order valence-corrected chi connectivity index (χ1v) is 11.2. The molecule has 0 saturated carbocycles. The Morgan fingerprint density at radius 2 is 1.83 bits per heavy atom. The molecule has 29 heavy (non-hydrogen) atoms. The molecule has 0 bridgehead atoms. The number of halogens is 4. The summed E-state index contributed by atoms with van der Waals surface area (Å²) in [6.45, 7) is 3.10. The van der Waals surface area contributed by atoms with E-state index in [2.05, 4.69) is 0 Å². The summed E-state index contributed by atoms with van der Waals surface area (Å²) in [4.78, 5) is 1.93. The number of anilines is 1. The number of nitrogens with zero attached hydrogens (tertiary/aromatic N) is 2. The van der Waals surface area contributed by atoms with Gasteiger partial charge in [0.2, 0.25) is 0 Å². The molecular formula is C18H20F4N2O3S2. The average Bonchev–Trinajstić information content (AvgIpc) is 3.18. The number of alkyl halides is 3. The van der Waals surface area contributed by atoms with Gasteiger partial charge in [-0.3, -0.25) is 0 Å². The largest absolute Gasteiger partial charge is 0.409 e. The second-order valence-electron chi connectivity index (χ2n) is 6.43. The Hall–Kier alpha value is -1.69. The van der Waals surface area contributed by atoms with Crippen molar-refractivity contribution in [3.8, 4) is 0 Å². The van der Waals surface area contributed by atoms with E-state index in [1.165, 1.54) is 13.0 Å². The highest BCUT2D eigenvalue weighted by Crippen LogP contribution is 2.41. The number of rotatable bonds is 6. The molecular weight excluding hydrogens is 432 g/mol. The van der Waals surface area contributed by atoms with Gasteiger partial charge < -0.3 is 9.64 Å². The molecule has 1 saturated heterocycles. The van der Waals surface area contributed by atoms with Crippen LogP contribution in [-0.4, -0.2) is 51.7 Å². The zero-order chi connectivity index (χ0) is 21.2. The lowest BCUT2D eigenvalue weighted by Gasteiger charge is -2.31. The third-order valence-corrected chi connectivity index (χ3v) is 7.94. The number of benzene rings is 1. The van der Waals surface area contributed by atoms with Crippen LogP contribution in [0.1, 0.15) is 18.5 Å². The van der Waals surface area contributed by atoms with Crippen LogP contribution in [0.25, 0.3) is 0 Å². The van der Waals surface area contributed by atoms with E-state index < -0.39 is 34.6 Å². The van der Waals surface area contributed by atoms with Crippen LogP contribution in [0.3, 0.4) is 0 Å². The minimum absolute atomic E-state index is 0.169. The van der Waals surface area contributed by atoms with Crippen LogP contribution < -0.4 is 4.90 Å². The van der Waals surface area contributed by atoms with Gasteiger partial charge in [0, 0.05) is 30.7 Å². The van der Waals surface area contributed by atoms with Gasteiger partial charge in [-0.25, -0.2) is 12.8 Å². The molecule has 1 unspecified atom stereocenters. The van der Waals surface area contributed by atoms with Crippen molar-refractivity contribution >= 4 is 27.0 Å². The summed E-state index contributed by atoms with van der Waals surface area (Å²) >= 11 is 0.880. The van der Waals surface area contributed by atoms with E-state index in [0.717, 1.165) is 35.6 Å². The third-order valence-electron chi connectivity index (χ3n) is 4.60. The van der Waals surface area contributed by atoms with Crippen molar-refractivity contribution in [2.75, 3.05) is 37.7 Å². The molecule has 1 aliphatic heterocycles. The summed E-state index contributed by atoms with van der Waals surface area (Å²) in [5.41, 5.74) is 0.299. The summed E-state index contributed by atoms with van der Waals surface area (Å²) in [7, 11) is -4.43. The SMILES string of the molecule is CCN(C(c1ccc(F)cc1)C(F)(F)F)S(=O)(=O)c1cc(N2CCOCC2)cs1. The number of hydrogen-bond donors (Lipinski definition) is 0. The molecule has 0 amide bonds. The van der Waals surface area contributed by atoms with E-state index in [1.807, 2.05) is 4.90 Å². The lowest BCUT2D eigenvalue weighted by Crippen LogP contribution is -2.42. The molecule has 11 heteroatoms. The number of hydrogen-bond acceptors (Lipinski definition) is 5. The Morgan fingerprint density at radius 1 is 1.21 bits per heavy atom. The van der Waals surface area contributed by atoms with Crippen LogP contribution in [0.2, 0.25) is 0 Å². The fourth-order valence-corrected chi connectivity index (χ4v) is 6.12. The van der Waals surface area contributed by atoms with Crippen LogP contribution in [0.5, 0.6) is 0 Å². The molecule has 1 fully saturated rings. The highest BCUT2D eigenvalue weighted by Gasteiger charge is 2.49. The Bertz CT molecular complexity index is 923. The van der Waals surface area contributed by atoms with Gasteiger partial charge in [0.1, 0.15) is 16.1 Å². The van der Waals surface area contributed by atoms with Gasteiger partial charge in [0.15, 0.2) is 0 Å². The van der Waals surface area contributed by atoms with Crippen molar-refractivity contribution in [2.24, 2.45) is 0 Å². The molecule has 1 aromatic heterocycles. The minimum atomic E-state index is -4.87. The topological polar surface area (TPSA) is 49.9 Å². The second kappa shape index (κ2) is 8.58. The van der Waals surface area contributed by atoms with Crippen LogP contribution in [-0.2, 0) is 14.8 Å². The van der Waals surface area contributed by atoms with Gasteiger partial charge in [-0.15, -0.1) is 11.3 Å². The maximum absolute atomic E-state index is 13.9. The standard InChI is InChI=1S/C18H20F4N2O3S2/c1-2-24(17(18(20,21)22)13-3-5-14(19)6-4-13)29(25,26)16-11-15(12-28-16)23-7-9-27-10-8-23/h3-6,11-12,17H,2,7-10H2,1H3. The number of ether oxygens (including phenoxy) is 1. The Labute approximate surface area is 170 Å². The smallest absolute Gasteiger partial charge is 0.378 e. The normalized spacial score (nSPS) is 17.0. The first-order chi connectivity index (χ1) is 13.6. The Balaban J connectivity index is 1.97. The Kier molecular flexibility index (Phi) is 6.51. The molecule has 0 radical (unpaired) electrons. The lowest BCUT2D eigenvalue weighted by molar-refractivity contribution is -0.173. The molecule has 1 atom stereocenters.